The first-order valence-electron chi connectivity index (χ1n) is 10.7. The van der Waals surface area contributed by atoms with Crippen molar-refractivity contribution < 1.29 is 58.7 Å². The molecule has 0 fully saturated rings. The lowest BCUT2D eigenvalue weighted by Crippen LogP contribution is -2.33. The van der Waals surface area contributed by atoms with Crippen LogP contribution in [0.4, 0.5) is 61.4 Å². The lowest BCUT2D eigenvalue weighted by molar-refractivity contribution is -0.201. The maximum absolute atomic E-state index is 13.0. The van der Waals surface area contributed by atoms with Gasteiger partial charge in [0, 0.05) is 17.9 Å². The molecule has 0 atom stereocenters. The third-order valence-electron chi connectivity index (χ3n) is 4.85. The Labute approximate surface area is 222 Å². The third kappa shape index (κ3) is 8.26. The molecule has 41 heavy (non-hydrogen) atoms. The fourth-order valence-corrected chi connectivity index (χ4v) is 3.12. The van der Waals surface area contributed by atoms with Gasteiger partial charge in [-0.25, -0.2) is 9.59 Å². The van der Waals surface area contributed by atoms with E-state index >= 15 is 0 Å². The quantitative estimate of drug-likeness (QED) is 0.289. The molecule has 1 heterocycles. The molecular formula is C22H15F9N6O4. The van der Waals surface area contributed by atoms with Crippen molar-refractivity contribution in [1.29, 1.82) is 0 Å². The van der Waals surface area contributed by atoms with Crippen molar-refractivity contribution in [2.24, 2.45) is 5.73 Å². The van der Waals surface area contributed by atoms with Crippen LogP contribution in [-0.4, -0.2) is 34.0 Å². The molecule has 2 aromatic carbocycles. The van der Waals surface area contributed by atoms with E-state index in [0.717, 1.165) is 6.20 Å². The molecule has 0 saturated carbocycles. The van der Waals surface area contributed by atoms with E-state index in [-0.39, 0.29) is 28.8 Å². The van der Waals surface area contributed by atoms with E-state index in [0.29, 0.717) is 17.7 Å². The Morgan fingerprint density at radius 3 is 1.98 bits per heavy atom. The van der Waals surface area contributed by atoms with Crippen molar-refractivity contribution in [2.75, 3.05) is 16.0 Å². The van der Waals surface area contributed by atoms with E-state index in [1.165, 1.54) is 24.3 Å². The van der Waals surface area contributed by atoms with Gasteiger partial charge in [-0.15, -0.1) is 5.10 Å². The van der Waals surface area contributed by atoms with Crippen molar-refractivity contribution in [3.8, 4) is 0 Å². The molecular weight excluding hydrogens is 583 g/mol. The number of rotatable bonds is 7. The Kier molecular flexibility index (Phi) is 8.39. The number of alkyl halides is 9. The van der Waals surface area contributed by atoms with Crippen LogP contribution in [0.1, 0.15) is 27.2 Å². The first-order valence-corrected chi connectivity index (χ1v) is 10.7. The molecule has 0 bridgehead atoms. The molecule has 3 amide bonds. The number of carbonyl (C=O) groups is 3. The number of nitrogens with two attached hydrogens (primary N) is 1. The predicted molar refractivity (Wildman–Crippen MR) is 121 cm³/mol. The van der Waals surface area contributed by atoms with E-state index in [2.05, 4.69) is 20.6 Å². The average Bonchev–Trinajstić information content (AvgIpc) is 3.24. The molecule has 10 nitrogen and oxygen atoms in total. The van der Waals surface area contributed by atoms with Crippen LogP contribution < -0.4 is 26.5 Å². The number of amides is 3. The highest BCUT2D eigenvalue weighted by molar-refractivity contribution is 6.00. The van der Waals surface area contributed by atoms with E-state index in [4.69, 9.17) is 5.73 Å². The van der Waals surface area contributed by atoms with E-state index in [1.54, 1.807) is 0 Å². The standard InChI is InChI=1S/C22H15F9N6O4/c23-20(24,25)11-5-12(21(26,27)28)7-14(6-11)35-19(40)34-13-3-1-2-10(4-13)8-33-15-9-37(36-16(15)17(32)38)41-18(39)22(29,30)31/h1-7,9,33H,8H2,(H2,32,38)(H2,34,35,40). The number of nitrogens with one attached hydrogen (secondary N) is 3. The summed E-state index contributed by atoms with van der Waals surface area (Å²) in [4.78, 5) is 38.9. The minimum Gasteiger partial charge on any atom is -0.378 e. The zero-order valence-corrected chi connectivity index (χ0v) is 19.8. The molecule has 220 valence electrons. The van der Waals surface area contributed by atoms with Crippen LogP contribution in [0, 0.1) is 0 Å². The zero-order valence-electron chi connectivity index (χ0n) is 19.8. The van der Waals surface area contributed by atoms with Crippen molar-refractivity contribution in [1.82, 2.24) is 9.94 Å². The van der Waals surface area contributed by atoms with Gasteiger partial charge in [-0.3, -0.25) is 4.79 Å². The number of benzene rings is 2. The molecule has 3 aromatic rings. The summed E-state index contributed by atoms with van der Waals surface area (Å²) in [6.45, 7) is -0.182. The molecule has 5 N–H and O–H groups in total. The van der Waals surface area contributed by atoms with E-state index in [1.807, 2.05) is 5.32 Å². The second kappa shape index (κ2) is 11.3. The number of aromatic nitrogens is 2. The smallest absolute Gasteiger partial charge is 0.378 e. The Bertz CT molecular complexity index is 1430. The van der Waals surface area contributed by atoms with Gasteiger partial charge < -0.3 is 26.5 Å². The summed E-state index contributed by atoms with van der Waals surface area (Å²) in [5, 5.41) is 10.1. The molecule has 0 aliphatic rings. The number of hydrogen-bond acceptors (Lipinski definition) is 6. The monoisotopic (exact) mass is 598 g/mol. The maximum atomic E-state index is 13.0. The summed E-state index contributed by atoms with van der Waals surface area (Å²) in [5.41, 5.74) is 0.600. The summed E-state index contributed by atoms with van der Waals surface area (Å²) < 4.78 is 115. The van der Waals surface area contributed by atoms with Crippen molar-refractivity contribution in [3.05, 3.63) is 71.0 Å². The van der Waals surface area contributed by atoms with Crippen molar-refractivity contribution >= 4 is 35.0 Å². The van der Waals surface area contributed by atoms with Crippen LogP contribution in [-0.2, 0) is 23.7 Å². The van der Waals surface area contributed by atoms with Crippen molar-refractivity contribution in [3.63, 3.8) is 0 Å². The lowest BCUT2D eigenvalue weighted by Gasteiger charge is -2.15. The number of halogens is 9. The van der Waals surface area contributed by atoms with Gasteiger partial charge in [-0.05, 0) is 35.9 Å². The Balaban J connectivity index is 1.71. The zero-order chi connectivity index (χ0) is 30.8. The van der Waals surface area contributed by atoms with Gasteiger partial charge in [0.25, 0.3) is 5.91 Å². The third-order valence-corrected chi connectivity index (χ3v) is 4.85. The fraction of sp³-hybridized carbons (Fsp3) is 0.182. The van der Waals surface area contributed by atoms with Crippen molar-refractivity contribution in [2.45, 2.75) is 25.1 Å². The highest BCUT2D eigenvalue weighted by atomic mass is 19.4. The van der Waals surface area contributed by atoms with Crippen LogP contribution in [0.15, 0.2) is 48.7 Å². The lowest BCUT2D eigenvalue weighted by atomic mass is 10.1. The van der Waals surface area contributed by atoms with Gasteiger partial charge in [0.1, 0.15) is 0 Å². The summed E-state index contributed by atoms with van der Waals surface area (Å²) >= 11 is 0. The number of hydrogen-bond donors (Lipinski definition) is 4. The highest BCUT2D eigenvalue weighted by Gasteiger charge is 2.42. The summed E-state index contributed by atoms with van der Waals surface area (Å²) in [7, 11) is 0. The summed E-state index contributed by atoms with van der Waals surface area (Å²) in [6.07, 6.45) is -14.9. The second-order valence-electron chi connectivity index (χ2n) is 7.96. The fourth-order valence-electron chi connectivity index (χ4n) is 3.12. The van der Waals surface area contributed by atoms with Crippen LogP contribution in [0.5, 0.6) is 0 Å². The first kappa shape index (κ1) is 30.6. The predicted octanol–water partition coefficient (Wildman–Crippen LogP) is 4.79. The average molecular weight is 598 g/mol. The molecule has 0 aliphatic carbocycles. The Hall–Kier alpha value is -4.97. The molecule has 0 radical (unpaired) electrons. The minimum atomic E-state index is -5.35. The van der Waals surface area contributed by atoms with Crippen LogP contribution in [0.3, 0.4) is 0 Å². The second-order valence-corrected chi connectivity index (χ2v) is 7.96. The molecule has 3 rings (SSSR count). The van der Waals surface area contributed by atoms with Gasteiger partial charge >= 0.3 is 30.5 Å². The number of urea groups is 1. The highest BCUT2D eigenvalue weighted by Crippen LogP contribution is 2.37. The molecule has 1 aromatic heterocycles. The summed E-state index contributed by atoms with van der Waals surface area (Å²) in [6, 6.07) is 4.82. The largest absolute Gasteiger partial charge is 0.493 e. The molecule has 0 unspecified atom stereocenters. The minimum absolute atomic E-state index is 0.0229. The molecule has 0 saturated heterocycles. The van der Waals surface area contributed by atoms with E-state index in [9.17, 15) is 53.9 Å². The SMILES string of the molecule is NC(=O)c1nn(OC(=O)C(F)(F)F)cc1NCc1cccc(NC(=O)Nc2cc(C(F)(F)F)cc(C(F)(F)F)c2)c1. The van der Waals surface area contributed by atoms with Crippen LogP contribution >= 0.6 is 0 Å². The number of carbonyl (C=O) groups excluding carboxylic acids is 3. The Morgan fingerprint density at radius 1 is 0.854 bits per heavy atom. The number of anilines is 3. The normalized spacial score (nSPS) is 12.0. The Morgan fingerprint density at radius 2 is 1.44 bits per heavy atom. The van der Waals surface area contributed by atoms with Gasteiger partial charge in [-0.1, -0.05) is 17.0 Å². The van der Waals surface area contributed by atoms with Crippen LogP contribution in [0.2, 0.25) is 0 Å². The van der Waals surface area contributed by atoms with Crippen LogP contribution in [0.25, 0.3) is 0 Å². The molecule has 0 aliphatic heterocycles. The summed E-state index contributed by atoms with van der Waals surface area (Å²) in [5.74, 6) is -3.82. The number of primary amides is 1. The number of nitrogens with zero attached hydrogens (tertiary/aromatic N) is 2. The topological polar surface area (TPSA) is 140 Å². The maximum Gasteiger partial charge on any atom is 0.493 e. The van der Waals surface area contributed by atoms with Gasteiger partial charge in [0.15, 0.2) is 5.69 Å². The van der Waals surface area contributed by atoms with E-state index < -0.39 is 58.9 Å². The van der Waals surface area contributed by atoms with Gasteiger partial charge in [0.05, 0.1) is 23.0 Å². The van der Waals surface area contributed by atoms with Gasteiger partial charge in [0.2, 0.25) is 0 Å². The first-order chi connectivity index (χ1) is 18.8. The molecule has 0 spiro atoms. The van der Waals surface area contributed by atoms with Gasteiger partial charge in [-0.2, -0.15) is 39.5 Å². The molecule has 19 heteroatoms.